The van der Waals surface area contributed by atoms with Crippen LogP contribution in [-0.2, 0) is 10.5 Å². The number of hydrogen-bond donors (Lipinski definition) is 2. The topological polar surface area (TPSA) is 69.1 Å². The zero-order chi connectivity index (χ0) is 11.1. The van der Waals surface area contributed by atoms with Gasteiger partial charge in [0.2, 0.25) is 5.91 Å². The molecule has 1 rings (SSSR count). The van der Waals surface area contributed by atoms with Crippen LogP contribution < -0.4 is 11.5 Å². The fourth-order valence-electron chi connectivity index (χ4n) is 1.12. The van der Waals surface area contributed by atoms with Gasteiger partial charge >= 0.3 is 0 Å². The zero-order valence-electron chi connectivity index (χ0n) is 8.56. The molecular weight excluding hydrogens is 208 g/mol. The summed E-state index contributed by atoms with van der Waals surface area (Å²) in [5.74, 6) is 1.39. The van der Waals surface area contributed by atoms with Crippen molar-refractivity contribution in [3.63, 3.8) is 0 Å². The summed E-state index contributed by atoms with van der Waals surface area (Å²) < 4.78 is 0. The zero-order valence-corrected chi connectivity index (χ0v) is 9.37. The molecule has 82 valence electrons. The van der Waals surface area contributed by atoms with E-state index in [1.54, 1.807) is 11.8 Å². The van der Waals surface area contributed by atoms with Crippen molar-refractivity contribution in [3.05, 3.63) is 35.9 Å². The smallest absolute Gasteiger partial charge is 0.234 e. The van der Waals surface area contributed by atoms with Crippen LogP contribution in [0.4, 0.5) is 0 Å². The van der Waals surface area contributed by atoms with Crippen molar-refractivity contribution in [2.45, 2.75) is 18.2 Å². The first kappa shape index (κ1) is 12.1. The summed E-state index contributed by atoms with van der Waals surface area (Å²) in [7, 11) is 0. The number of carbonyl (C=O) groups is 1. The summed E-state index contributed by atoms with van der Waals surface area (Å²) in [5.41, 5.74) is 11.9. The molecule has 1 amide bonds. The quantitative estimate of drug-likeness (QED) is 0.711. The van der Waals surface area contributed by atoms with E-state index in [1.165, 1.54) is 5.56 Å². The highest BCUT2D eigenvalue weighted by molar-refractivity contribution is 7.98. The maximum Gasteiger partial charge on any atom is 0.234 e. The Labute approximate surface area is 94.2 Å². The fourth-order valence-corrected chi connectivity index (χ4v) is 2.11. The maximum absolute atomic E-state index is 10.7. The van der Waals surface area contributed by atoms with Crippen LogP contribution in [-0.4, -0.2) is 17.7 Å². The monoisotopic (exact) mass is 224 g/mol. The van der Waals surface area contributed by atoms with E-state index >= 15 is 0 Å². The van der Waals surface area contributed by atoms with Gasteiger partial charge in [-0.25, -0.2) is 0 Å². The first-order chi connectivity index (χ1) is 7.20. The van der Waals surface area contributed by atoms with E-state index in [4.69, 9.17) is 11.5 Å². The molecule has 0 aromatic heterocycles. The summed E-state index contributed by atoms with van der Waals surface area (Å²) in [4.78, 5) is 10.7. The van der Waals surface area contributed by atoms with Crippen LogP contribution in [0.1, 0.15) is 12.0 Å². The Bertz CT molecular complexity index is 303. The van der Waals surface area contributed by atoms with E-state index < -0.39 is 11.9 Å². The van der Waals surface area contributed by atoms with Gasteiger partial charge in [-0.2, -0.15) is 11.8 Å². The molecule has 0 heterocycles. The predicted octanol–water partition coefficient (Wildman–Crippen LogP) is 1.12. The van der Waals surface area contributed by atoms with Crippen LogP contribution in [0.15, 0.2) is 30.3 Å². The second kappa shape index (κ2) is 6.48. The average molecular weight is 224 g/mol. The molecule has 0 saturated heterocycles. The lowest BCUT2D eigenvalue weighted by Gasteiger charge is -2.06. The lowest BCUT2D eigenvalue weighted by molar-refractivity contribution is -0.119. The molecule has 1 aromatic rings. The Morgan fingerprint density at radius 1 is 1.33 bits per heavy atom. The van der Waals surface area contributed by atoms with Crippen molar-refractivity contribution in [1.82, 2.24) is 0 Å². The maximum atomic E-state index is 10.7. The number of hydrogen-bond acceptors (Lipinski definition) is 3. The minimum absolute atomic E-state index is 0.421. The highest BCUT2D eigenvalue weighted by Crippen LogP contribution is 2.12. The lowest BCUT2D eigenvalue weighted by Crippen LogP contribution is -2.36. The number of thioether (sulfide) groups is 1. The molecule has 0 fully saturated rings. The van der Waals surface area contributed by atoms with E-state index in [0.717, 1.165) is 11.5 Å². The highest BCUT2D eigenvalue weighted by atomic mass is 32.2. The Balaban J connectivity index is 2.15. The van der Waals surface area contributed by atoms with Gasteiger partial charge in [0, 0.05) is 5.75 Å². The molecule has 0 bridgehead atoms. The van der Waals surface area contributed by atoms with Gasteiger partial charge in [-0.15, -0.1) is 0 Å². The summed E-state index contributed by atoms with van der Waals surface area (Å²) in [6.07, 6.45) is 0.646. The normalized spacial score (nSPS) is 12.3. The van der Waals surface area contributed by atoms with Gasteiger partial charge in [0.15, 0.2) is 0 Å². The number of nitrogens with two attached hydrogens (primary N) is 2. The van der Waals surface area contributed by atoms with Crippen molar-refractivity contribution in [3.8, 4) is 0 Å². The minimum atomic E-state index is -0.506. The van der Waals surface area contributed by atoms with Gasteiger partial charge in [0.05, 0.1) is 6.04 Å². The molecule has 15 heavy (non-hydrogen) atoms. The Morgan fingerprint density at radius 2 is 2.00 bits per heavy atom. The van der Waals surface area contributed by atoms with E-state index in [1.807, 2.05) is 18.2 Å². The SMILES string of the molecule is NC(=O)C(N)CCSCc1ccccc1. The molecule has 0 saturated carbocycles. The number of benzene rings is 1. The Morgan fingerprint density at radius 3 is 2.60 bits per heavy atom. The fraction of sp³-hybridized carbons (Fsp3) is 0.364. The predicted molar refractivity (Wildman–Crippen MR) is 64.4 cm³/mol. The van der Waals surface area contributed by atoms with Gasteiger partial charge in [-0.3, -0.25) is 4.79 Å². The number of rotatable bonds is 6. The van der Waals surface area contributed by atoms with E-state index in [2.05, 4.69) is 12.1 Å². The van der Waals surface area contributed by atoms with Crippen molar-refractivity contribution in [1.29, 1.82) is 0 Å². The molecule has 4 heteroatoms. The molecule has 4 N–H and O–H groups in total. The van der Waals surface area contributed by atoms with Gasteiger partial charge in [-0.1, -0.05) is 30.3 Å². The molecule has 0 aliphatic carbocycles. The molecular formula is C11H16N2OS. The first-order valence-electron chi connectivity index (χ1n) is 4.86. The Kier molecular flexibility index (Phi) is 5.21. The molecule has 0 aliphatic rings. The summed E-state index contributed by atoms with van der Waals surface area (Å²) in [6.45, 7) is 0. The molecule has 0 radical (unpaired) electrons. The standard InChI is InChI=1S/C11H16N2OS/c12-10(11(13)14)6-7-15-8-9-4-2-1-3-5-9/h1-5,10H,6-8,12H2,(H2,13,14). The molecule has 1 atom stereocenters. The second-order valence-corrected chi connectivity index (χ2v) is 4.44. The highest BCUT2D eigenvalue weighted by Gasteiger charge is 2.07. The van der Waals surface area contributed by atoms with E-state index in [9.17, 15) is 4.79 Å². The number of primary amides is 1. The minimum Gasteiger partial charge on any atom is -0.368 e. The third-order valence-corrected chi connectivity index (χ3v) is 3.11. The van der Waals surface area contributed by atoms with Crippen molar-refractivity contribution in [2.75, 3.05) is 5.75 Å². The molecule has 3 nitrogen and oxygen atoms in total. The van der Waals surface area contributed by atoms with Crippen molar-refractivity contribution >= 4 is 17.7 Å². The average Bonchev–Trinajstić information content (AvgIpc) is 2.25. The van der Waals surface area contributed by atoms with Gasteiger partial charge in [0.25, 0.3) is 0 Å². The van der Waals surface area contributed by atoms with Crippen LogP contribution >= 0.6 is 11.8 Å². The van der Waals surface area contributed by atoms with Gasteiger partial charge in [-0.05, 0) is 17.7 Å². The van der Waals surface area contributed by atoms with E-state index in [-0.39, 0.29) is 0 Å². The van der Waals surface area contributed by atoms with Crippen LogP contribution in [0.3, 0.4) is 0 Å². The van der Waals surface area contributed by atoms with Crippen molar-refractivity contribution in [2.24, 2.45) is 11.5 Å². The van der Waals surface area contributed by atoms with Crippen LogP contribution in [0, 0.1) is 0 Å². The molecule has 1 unspecified atom stereocenters. The third-order valence-electron chi connectivity index (χ3n) is 2.05. The Hall–Kier alpha value is -1.00. The van der Waals surface area contributed by atoms with Gasteiger partial charge < -0.3 is 11.5 Å². The largest absolute Gasteiger partial charge is 0.368 e. The van der Waals surface area contributed by atoms with Crippen molar-refractivity contribution < 1.29 is 4.79 Å². The van der Waals surface area contributed by atoms with Crippen LogP contribution in [0.25, 0.3) is 0 Å². The van der Waals surface area contributed by atoms with Crippen LogP contribution in [0.5, 0.6) is 0 Å². The number of carbonyl (C=O) groups excluding carboxylic acids is 1. The van der Waals surface area contributed by atoms with Crippen LogP contribution in [0.2, 0.25) is 0 Å². The molecule has 0 aliphatic heterocycles. The van der Waals surface area contributed by atoms with Gasteiger partial charge in [0.1, 0.15) is 0 Å². The molecule has 0 spiro atoms. The second-order valence-electron chi connectivity index (χ2n) is 3.34. The first-order valence-corrected chi connectivity index (χ1v) is 6.02. The third kappa shape index (κ3) is 4.85. The summed E-state index contributed by atoms with van der Waals surface area (Å²) in [5, 5.41) is 0. The summed E-state index contributed by atoms with van der Waals surface area (Å²) in [6, 6.07) is 9.70. The van der Waals surface area contributed by atoms with E-state index in [0.29, 0.717) is 6.42 Å². The molecule has 1 aromatic carbocycles. The summed E-state index contributed by atoms with van der Waals surface area (Å²) >= 11 is 1.76. The lowest BCUT2D eigenvalue weighted by atomic mass is 10.2. The number of amides is 1.